The second-order valence-corrected chi connectivity index (χ2v) is 7.97. The molecule has 0 spiro atoms. The molecule has 1 aliphatic rings. The Morgan fingerprint density at radius 3 is 2.61 bits per heavy atom. The minimum absolute atomic E-state index is 0.0866. The molecule has 3 aromatic rings. The third kappa shape index (κ3) is 3.62. The van der Waals surface area contributed by atoms with Gasteiger partial charge >= 0.3 is 0 Å². The molecule has 2 aromatic carbocycles. The van der Waals surface area contributed by atoms with Crippen LogP contribution >= 0.6 is 11.6 Å². The predicted molar refractivity (Wildman–Crippen MR) is 109 cm³/mol. The summed E-state index contributed by atoms with van der Waals surface area (Å²) >= 11 is 5.93. The fraction of sp³-hybridized carbons (Fsp3) is 0.273. The minimum Gasteiger partial charge on any atom is -0.508 e. The first-order valence-electron chi connectivity index (χ1n) is 9.09. The van der Waals surface area contributed by atoms with Gasteiger partial charge in [0.15, 0.2) is 11.7 Å². The Balaban J connectivity index is 1.72. The second-order valence-electron chi connectivity index (χ2n) is 7.53. The van der Waals surface area contributed by atoms with Gasteiger partial charge in [0, 0.05) is 34.0 Å². The lowest BCUT2D eigenvalue weighted by atomic mass is 10.00. The number of aryl methyl sites for hydroxylation is 1. The molecule has 0 unspecified atom stereocenters. The number of carbonyl (C=O) groups excluding carboxylic acids is 1. The molecule has 1 aliphatic heterocycles. The van der Waals surface area contributed by atoms with Gasteiger partial charge in [0.05, 0.1) is 5.54 Å². The number of aromatic hydroxyl groups is 1. The number of benzene rings is 2. The molecule has 5 nitrogen and oxygen atoms in total. The van der Waals surface area contributed by atoms with E-state index in [-0.39, 0.29) is 22.8 Å². The smallest absolute Gasteiger partial charge is 0.228 e. The maximum atomic E-state index is 13.1. The Hall–Kier alpha value is -2.79. The second kappa shape index (κ2) is 6.99. The zero-order valence-corrected chi connectivity index (χ0v) is 16.4. The number of hydrogen-bond acceptors (Lipinski definition) is 5. The Bertz CT molecular complexity index is 1080. The van der Waals surface area contributed by atoms with Crippen LogP contribution in [0, 0.1) is 0 Å². The van der Waals surface area contributed by atoms with Gasteiger partial charge in [0.25, 0.3) is 0 Å². The maximum Gasteiger partial charge on any atom is 0.228 e. The first-order chi connectivity index (χ1) is 13.3. The van der Waals surface area contributed by atoms with E-state index < -0.39 is 0 Å². The average molecular weight is 398 g/mol. The van der Waals surface area contributed by atoms with Crippen molar-refractivity contribution in [1.82, 2.24) is 0 Å². The molecule has 0 amide bonds. The third-order valence-corrected chi connectivity index (χ3v) is 4.95. The highest BCUT2D eigenvalue weighted by atomic mass is 35.5. The van der Waals surface area contributed by atoms with Gasteiger partial charge in [-0.1, -0.05) is 11.6 Å². The molecule has 28 heavy (non-hydrogen) atoms. The van der Waals surface area contributed by atoms with Crippen LogP contribution in [-0.4, -0.2) is 28.9 Å². The van der Waals surface area contributed by atoms with Crippen LogP contribution in [0.25, 0.3) is 11.0 Å². The molecular formula is C22H20ClNO4. The highest BCUT2D eigenvalue weighted by Crippen LogP contribution is 2.32. The van der Waals surface area contributed by atoms with Gasteiger partial charge in [-0.05, 0) is 56.7 Å². The highest BCUT2D eigenvalue weighted by molar-refractivity contribution is 6.30. The Morgan fingerprint density at radius 2 is 1.93 bits per heavy atom. The number of nitrogens with zero attached hydrogens (tertiary/aromatic N) is 1. The maximum absolute atomic E-state index is 13.1. The van der Waals surface area contributed by atoms with E-state index in [4.69, 9.17) is 20.8 Å². The first kappa shape index (κ1) is 18.6. The lowest BCUT2D eigenvalue weighted by Gasteiger charge is -2.07. The number of fused-ring (bicyclic) bond motifs is 1. The van der Waals surface area contributed by atoms with Gasteiger partial charge in [0.1, 0.15) is 17.9 Å². The number of aliphatic imine (C=N–C) groups is 1. The minimum atomic E-state index is -0.225. The normalized spacial score (nSPS) is 15.5. The van der Waals surface area contributed by atoms with Crippen LogP contribution < -0.4 is 0 Å². The average Bonchev–Trinajstić information content (AvgIpc) is 3.19. The number of ketones is 1. The van der Waals surface area contributed by atoms with Gasteiger partial charge in [0.2, 0.25) is 5.78 Å². The zero-order chi connectivity index (χ0) is 19.9. The monoisotopic (exact) mass is 397 g/mol. The molecule has 0 aliphatic carbocycles. The number of carbonyl (C=O) groups is 1. The van der Waals surface area contributed by atoms with E-state index in [0.717, 1.165) is 10.9 Å². The van der Waals surface area contributed by atoms with Crippen LogP contribution in [0.15, 0.2) is 51.9 Å². The van der Waals surface area contributed by atoms with E-state index in [1.165, 1.54) is 6.07 Å². The number of furan rings is 1. The molecule has 2 heterocycles. The first-order valence-corrected chi connectivity index (χ1v) is 9.46. The molecule has 0 saturated heterocycles. The van der Waals surface area contributed by atoms with Crippen molar-refractivity contribution >= 4 is 34.3 Å². The summed E-state index contributed by atoms with van der Waals surface area (Å²) in [6.45, 7) is 4.59. The van der Waals surface area contributed by atoms with Crippen molar-refractivity contribution in [1.29, 1.82) is 0 Å². The summed E-state index contributed by atoms with van der Waals surface area (Å²) in [4.78, 5) is 17.7. The summed E-state index contributed by atoms with van der Waals surface area (Å²) in [6.07, 6.45) is 1.11. The van der Waals surface area contributed by atoms with Crippen LogP contribution in [0.3, 0.4) is 0 Å². The van der Waals surface area contributed by atoms with E-state index >= 15 is 0 Å². The number of phenolic OH excluding ortho intramolecular Hbond substituents is 1. The van der Waals surface area contributed by atoms with Crippen LogP contribution in [0.5, 0.6) is 5.75 Å². The lowest BCUT2D eigenvalue weighted by molar-refractivity contribution is 0.101. The van der Waals surface area contributed by atoms with E-state index in [9.17, 15) is 9.90 Å². The number of halogens is 1. The van der Waals surface area contributed by atoms with Crippen LogP contribution in [-0.2, 0) is 11.2 Å². The number of hydrogen-bond donors (Lipinski definition) is 1. The number of ether oxygens (including phenoxy) is 1. The van der Waals surface area contributed by atoms with Crippen LogP contribution in [0.4, 0.5) is 0 Å². The fourth-order valence-electron chi connectivity index (χ4n) is 3.32. The summed E-state index contributed by atoms with van der Waals surface area (Å²) in [7, 11) is 0. The molecule has 1 aromatic heterocycles. The van der Waals surface area contributed by atoms with Crippen molar-refractivity contribution in [3.05, 3.63) is 64.4 Å². The summed E-state index contributed by atoms with van der Waals surface area (Å²) in [5, 5.41) is 11.1. The van der Waals surface area contributed by atoms with Crippen molar-refractivity contribution in [2.75, 3.05) is 6.61 Å². The SMILES string of the molecule is CC1(C)COC(CCc2c(C(=O)c3ccc(Cl)cc3)oc3cc(O)ccc23)=N1. The van der Waals surface area contributed by atoms with Crippen molar-refractivity contribution in [3.8, 4) is 5.75 Å². The molecule has 4 rings (SSSR count). The Labute approximate surface area is 167 Å². The van der Waals surface area contributed by atoms with Crippen molar-refractivity contribution in [2.45, 2.75) is 32.2 Å². The van der Waals surface area contributed by atoms with Gasteiger partial charge < -0.3 is 14.3 Å². The Morgan fingerprint density at radius 1 is 1.18 bits per heavy atom. The molecule has 0 radical (unpaired) electrons. The van der Waals surface area contributed by atoms with Gasteiger partial charge in [-0.25, -0.2) is 4.99 Å². The standard InChI is InChI=1S/C22H20ClNO4/c1-22(2)12-27-19(24-22)10-9-17-16-8-7-15(25)11-18(16)28-21(17)20(26)13-3-5-14(23)6-4-13/h3-8,11,25H,9-10,12H2,1-2H3. The van der Waals surface area contributed by atoms with Gasteiger partial charge in [-0.15, -0.1) is 0 Å². The van der Waals surface area contributed by atoms with E-state index in [2.05, 4.69) is 4.99 Å². The van der Waals surface area contributed by atoms with Gasteiger partial charge in [-0.3, -0.25) is 4.79 Å². The fourth-order valence-corrected chi connectivity index (χ4v) is 3.45. The third-order valence-electron chi connectivity index (χ3n) is 4.70. The summed E-state index contributed by atoms with van der Waals surface area (Å²) in [5.41, 5.74) is 1.53. The van der Waals surface area contributed by atoms with Crippen molar-refractivity contribution in [3.63, 3.8) is 0 Å². The number of phenols is 1. The molecular weight excluding hydrogens is 378 g/mol. The van der Waals surface area contributed by atoms with Crippen molar-refractivity contribution < 1.29 is 19.1 Å². The van der Waals surface area contributed by atoms with E-state index in [1.807, 2.05) is 13.8 Å². The van der Waals surface area contributed by atoms with E-state index in [1.54, 1.807) is 36.4 Å². The molecule has 1 N–H and O–H groups in total. The van der Waals surface area contributed by atoms with Gasteiger partial charge in [-0.2, -0.15) is 0 Å². The van der Waals surface area contributed by atoms with Crippen LogP contribution in [0.2, 0.25) is 5.02 Å². The zero-order valence-electron chi connectivity index (χ0n) is 15.7. The topological polar surface area (TPSA) is 72.0 Å². The predicted octanol–water partition coefficient (Wildman–Crippen LogP) is 5.16. The van der Waals surface area contributed by atoms with E-state index in [0.29, 0.717) is 41.5 Å². The molecule has 6 heteroatoms. The largest absolute Gasteiger partial charge is 0.508 e. The summed E-state index contributed by atoms with van der Waals surface area (Å²) in [6, 6.07) is 11.6. The number of rotatable bonds is 5. The lowest BCUT2D eigenvalue weighted by Crippen LogP contribution is -2.17. The van der Waals surface area contributed by atoms with Crippen molar-refractivity contribution in [2.24, 2.45) is 4.99 Å². The van der Waals surface area contributed by atoms with Crippen LogP contribution in [0.1, 0.15) is 41.9 Å². The highest BCUT2D eigenvalue weighted by Gasteiger charge is 2.27. The summed E-state index contributed by atoms with van der Waals surface area (Å²) in [5.74, 6) is 0.810. The molecule has 0 fully saturated rings. The Kier molecular flexibility index (Phi) is 4.63. The quantitative estimate of drug-likeness (QED) is 0.603. The molecule has 0 atom stereocenters. The molecule has 0 saturated carbocycles. The molecule has 0 bridgehead atoms. The molecule has 144 valence electrons. The summed E-state index contributed by atoms with van der Waals surface area (Å²) < 4.78 is 11.5.